The molecule has 1 aromatic carbocycles. The maximum Gasteiger partial charge on any atom is 0.121 e. The van der Waals surface area contributed by atoms with Crippen LogP contribution in [-0.2, 0) is 0 Å². The second-order valence-electron chi connectivity index (χ2n) is 10.8. The number of benzene rings is 1. The number of nitrogens with zero attached hydrogens (tertiary/aromatic N) is 5. The number of halogens is 1. The lowest BCUT2D eigenvalue weighted by atomic mass is 9.82. The third kappa shape index (κ3) is 4.72. The smallest absolute Gasteiger partial charge is 0.121 e. The van der Waals surface area contributed by atoms with Crippen LogP contribution >= 0.6 is 0 Å². The van der Waals surface area contributed by atoms with Crippen LogP contribution in [0.3, 0.4) is 0 Å². The van der Waals surface area contributed by atoms with E-state index in [1.165, 1.54) is 25.1 Å². The molecule has 2 unspecified atom stereocenters. The summed E-state index contributed by atoms with van der Waals surface area (Å²) in [6, 6.07) is 15.2. The zero-order chi connectivity index (χ0) is 24.5. The molecule has 0 radical (unpaired) electrons. The van der Waals surface area contributed by atoms with Crippen LogP contribution in [0.25, 0.3) is 16.6 Å². The standard InChI is InChI=1S/C29H35FN6/c30-27-18-32-17-26(27)24-7-5-23(6-8-24)25-15-29-28(9-10-33-36(29)20-25)35-13-11-34(12-14-35)19-22-3-1-21(16-31)2-4-22/h5-10,15,20-22,26-27,32H,1-4,11-14,17-19H2. The first-order chi connectivity index (χ1) is 17.7. The van der Waals surface area contributed by atoms with Crippen molar-refractivity contribution in [3.8, 4) is 17.2 Å². The van der Waals surface area contributed by atoms with Crippen LogP contribution in [0.1, 0.15) is 37.2 Å². The molecular weight excluding hydrogens is 451 g/mol. The average molecular weight is 487 g/mol. The van der Waals surface area contributed by atoms with E-state index in [0.717, 1.165) is 67.1 Å². The van der Waals surface area contributed by atoms with Gasteiger partial charge >= 0.3 is 0 Å². The maximum atomic E-state index is 14.1. The van der Waals surface area contributed by atoms with Crippen molar-refractivity contribution in [3.05, 3.63) is 54.4 Å². The number of hydrogen-bond donors (Lipinski definition) is 1. The largest absolute Gasteiger partial charge is 0.367 e. The zero-order valence-corrected chi connectivity index (χ0v) is 20.8. The van der Waals surface area contributed by atoms with E-state index in [-0.39, 0.29) is 11.8 Å². The molecule has 6 nitrogen and oxygen atoms in total. The van der Waals surface area contributed by atoms with E-state index in [1.807, 2.05) is 10.7 Å². The van der Waals surface area contributed by atoms with Gasteiger partial charge in [0.1, 0.15) is 6.17 Å². The molecule has 2 saturated heterocycles. The van der Waals surface area contributed by atoms with Crippen molar-refractivity contribution in [3.63, 3.8) is 0 Å². The monoisotopic (exact) mass is 486 g/mol. The second-order valence-corrected chi connectivity index (χ2v) is 10.8. The summed E-state index contributed by atoms with van der Waals surface area (Å²) in [5, 5.41) is 16.9. The number of alkyl halides is 1. The Bertz CT molecular complexity index is 1210. The highest BCUT2D eigenvalue weighted by Crippen LogP contribution is 2.32. The van der Waals surface area contributed by atoms with Crippen LogP contribution in [0.15, 0.2) is 48.8 Å². The van der Waals surface area contributed by atoms with Crippen molar-refractivity contribution >= 4 is 11.2 Å². The highest BCUT2D eigenvalue weighted by atomic mass is 19.1. The first-order valence-electron chi connectivity index (χ1n) is 13.5. The number of piperazine rings is 1. The van der Waals surface area contributed by atoms with Gasteiger partial charge < -0.3 is 10.2 Å². The summed E-state index contributed by atoms with van der Waals surface area (Å²) in [6.45, 7) is 6.51. The SMILES string of the molecule is N#CC1CCC(CN2CCN(c3ccnn4cc(-c5ccc(C6CNCC6F)cc5)cc34)CC2)CC1. The molecule has 188 valence electrons. The Hall–Kier alpha value is -2.95. The van der Waals surface area contributed by atoms with Gasteiger partial charge in [0.25, 0.3) is 0 Å². The zero-order valence-electron chi connectivity index (χ0n) is 20.8. The highest BCUT2D eigenvalue weighted by molar-refractivity contribution is 5.80. The van der Waals surface area contributed by atoms with Crippen LogP contribution in [0.4, 0.5) is 10.1 Å². The first-order valence-corrected chi connectivity index (χ1v) is 13.5. The first kappa shape index (κ1) is 23.4. The summed E-state index contributed by atoms with van der Waals surface area (Å²) in [5.74, 6) is 0.977. The van der Waals surface area contributed by atoms with Crippen molar-refractivity contribution in [2.24, 2.45) is 11.8 Å². The lowest BCUT2D eigenvalue weighted by molar-refractivity contribution is 0.183. The van der Waals surface area contributed by atoms with E-state index >= 15 is 0 Å². The minimum Gasteiger partial charge on any atom is -0.367 e. The maximum absolute atomic E-state index is 14.1. The molecule has 2 atom stereocenters. The number of hydrogen-bond acceptors (Lipinski definition) is 5. The predicted molar refractivity (Wildman–Crippen MR) is 141 cm³/mol. The molecule has 3 fully saturated rings. The Balaban J connectivity index is 1.12. The summed E-state index contributed by atoms with van der Waals surface area (Å²) < 4.78 is 16.1. The molecule has 2 aromatic heterocycles. The lowest BCUT2D eigenvalue weighted by Crippen LogP contribution is -2.48. The minimum atomic E-state index is -0.807. The molecule has 0 amide bonds. The van der Waals surface area contributed by atoms with E-state index < -0.39 is 6.17 Å². The molecule has 3 aliphatic rings. The van der Waals surface area contributed by atoms with E-state index in [0.29, 0.717) is 13.1 Å². The van der Waals surface area contributed by atoms with Gasteiger partial charge in [-0.25, -0.2) is 8.91 Å². The Morgan fingerprint density at radius 1 is 0.972 bits per heavy atom. The number of aromatic nitrogens is 2. The van der Waals surface area contributed by atoms with Gasteiger partial charge in [0, 0.05) is 75.6 Å². The fourth-order valence-electron chi connectivity index (χ4n) is 6.33. The Morgan fingerprint density at radius 3 is 2.44 bits per heavy atom. The van der Waals surface area contributed by atoms with Crippen LogP contribution in [0.5, 0.6) is 0 Å². The fourth-order valence-corrected chi connectivity index (χ4v) is 6.33. The Labute approximate surface area is 212 Å². The molecule has 1 aliphatic carbocycles. The molecule has 6 rings (SSSR count). The van der Waals surface area contributed by atoms with Gasteiger partial charge in [-0.05, 0) is 54.9 Å². The van der Waals surface area contributed by atoms with Crippen LogP contribution in [0, 0.1) is 23.2 Å². The average Bonchev–Trinajstić information content (AvgIpc) is 3.56. The topological polar surface area (TPSA) is 59.6 Å². The van der Waals surface area contributed by atoms with E-state index in [4.69, 9.17) is 5.26 Å². The Kier molecular flexibility index (Phi) is 6.64. The summed E-state index contributed by atoms with van der Waals surface area (Å²) >= 11 is 0. The molecule has 0 bridgehead atoms. The van der Waals surface area contributed by atoms with Gasteiger partial charge in [0.2, 0.25) is 0 Å². The van der Waals surface area contributed by atoms with E-state index in [1.54, 1.807) is 0 Å². The molecule has 1 saturated carbocycles. The van der Waals surface area contributed by atoms with Gasteiger partial charge in [0.05, 0.1) is 17.3 Å². The summed E-state index contributed by atoms with van der Waals surface area (Å²) in [7, 11) is 0. The number of nitriles is 1. The van der Waals surface area contributed by atoms with E-state index in [2.05, 4.69) is 68.9 Å². The Morgan fingerprint density at radius 2 is 1.75 bits per heavy atom. The molecular formula is C29H35FN6. The van der Waals surface area contributed by atoms with Crippen molar-refractivity contribution in [1.29, 1.82) is 5.26 Å². The molecule has 4 heterocycles. The van der Waals surface area contributed by atoms with Crippen molar-refractivity contribution in [2.45, 2.75) is 37.8 Å². The molecule has 1 N–H and O–H groups in total. The molecule has 2 aliphatic heterocycles. The minimum absolute atomic E-state index is 0.0494. The quantitative estimate of drug-likeness (QED) is 0.576. The van der Waals surface area contributed by atoms with Crippen LogP contribution < -0.4 is 10.2 Å². The molecule has 36 heavy (non-hydrogen) atoms. The van der Waals surface area contributed by atoms with Gasteiger partial charge in [-0.3, -0.25) is 4.90 Å². The summed E-state index contributed by atoms with van der Waals surface area (Å²) in [5.41, 5.74) is 5.69. The second kappa shape index (κ2) is 10.2. The predicted octanol–water partition coefficient (Wildman–Crippen LogP) is 4.48. The van der Waals surface area contributed by atoms with Crippen molar-refractivity contribution in [2.75, 3.05) is 50.7 Å². The van der Waals surface area contributed by atoms with Gasteiger partial charge in [-0.2, -0.15) is 10.4 Å². The fraction of sp³-hybridized carbons (Fsp3) is 0.517. The van der Waals surface area contributed by atoms with Crippen molar-refractivity contribution < 1.29 is 4.39 Å². The number of rotatable bonds is 5. The normalized spacial score (nSPS) is 27.4. The molecule has 0 spiro atoms. The van der Waals surface area contributed by atoms with Gasteiger partial charge in [0.15, 0.2) is 0 Å². The van der Waals surface area contributed by atoms with Gasteiger partial charge in [-0.15, -0.1) is 0 Å². The van der Waals surface area contributed by atoms with Gasteiger partial charge in [-0.1, -0.05) is 24.3 Å². The molecule has 7 heteroatoms. The third-order valence-corrected chi connectivity index (χ3v) is 8.56. The van der Waals surface area contributed by atoms with Crippen LogP contribution in [0.2, 0.25) is 0 Å². The van der Waals surface area contributed by atoms with Crippen LogP contribution in [-0.4, -0.2) is 66.5 Å². The molecule has 3 aromatic rings. The third-order valence-electron chi connectivity index (χ3n) is 8.56. The lowest BCUT2D eigenvalue weighted by Gasteiger charge is -2.38. The van der Waals surface area contributed by atoms with E-state index in [9.17, 15) is 4.39 Å². The number of nitrogens with one attached hydrogen (secondary N) is 1. The summed E-state index contributed by atoms with van der Waals surface area (Å²) in [4.78, 5) is 5.10. The number of fused-ring (bicyclic) bond motifs is 1. The number of anilines is 1. The highest BCUT2D eigenvalue weighted by Gasteiger charge is 2.28. The summed E-state index contributed by atoms with van der Waals surface area (Å²) in [6.07, 6.45) is 7.72. The van der Waals surface area contributed by atoms with Crippen molar-refractivity contribution in [1.82, 2.24) is 19.8 Å².